The quantitative estimate of drug-likeness (QED) is 0.280. The highest BCUT2D eigenvalue weighted by molar-refractivity contribution is 7.85. The van der Waals surface area contributed by atoms with E-state index in [-0.39, 0.29) is 5.56 Å². The van der Waals surface area contributed by atoms with Crippen LogP contribution in [0.15, 0.2) is 30.5 Å². The van der Waals surface area contributed by atoms with Gasteiger partial charge in [-0.05, 0) is 44.4 Å². The fourth-order valence-corrected chi connectivity index (χ4v) is 7.12. The number of carbonyl (C=O) groups excluding carboxylic acids is 1. The molecular formula is C27H31F5N4O2S2. The first kappa shape index (κ1) is 30.3. The van der Waals surface area contributed by atoms with E-state index >= 15 is 0 Å². The Morgan fingerprint density at radius 1 is 1.10 bits per heavy atom. The summed E-state index contributed by atoms with van der Waals surface area (Å²) in [7, 11) is 1.73. The maximum atomic E-state index is 14.5. The minimum atomic E-state index is -4.73. The predicted molar refractivity (Wildman–Crippen MR) is 148 cm³/mol. The molecule has 1 fully saturated rings. The van der Waals surface area contributed by atoms with E-state index < -0.39 is 46.7 Å². The van der Waals surface area contributed by atoms with Gasteiger partial charge in [0.1, 0.15) is 10.3 Å². The number of aromatic nitrogens is 2. The molecule has 1 saturated heterocycles. The second kappa shape index (κ2) is 11.3. The summed E-state index contributed by atoms with van der Waals surface area (Å²) in [5.41, 5.74) is 1.38. The molecule has 2 atom stereocenters. The minimum absolute atomic E-state index is 0.128. The van der Waals surface area contributed by atoms with E-state index in [1.165, 1.54) is 48.7 Å². The lowest BCUT2D eigenvalue weighted by Crippen LogP contribution is -2.43. The molecule has 0 radical (unpaired) electrons. The Morgan fingerprint density at radius 2 is 1.70 bits per heavy atom. The van der Waals surface area contributed by atoms with Crippen molar-refractivity contribution >= 4 is 49.8 Å². The van der Waals surface area contributed by atoms with Crippen molar-refractivity contribution in [1.29, 1.82) is 0 Å². The average Bonchev–Trinajstić information content (AvgIpc) is 3.26. The molecule has 1 amide bonds. The number of carbonyl (C=O) groups is 1. The van der Waals surface area contributed by atoms with Gasteiger partial charge < -0.3 is 9.80 Å². The van der Waals surface area contributed by atoms with Crippen LogP contribution in [0.4, 0.5) is 33.3 Å². The summed E-state index contributed by atoms with van der Waals surface area (Å²) in [5.74, 6) is -4.90. The number of amides is 1. The predicted octanol–water partition coefficient (Wildman–Crippen LogP) is 6.75. The number of nitrogens with zero attached hydrogens (tertiary/aromatic N) is 4. The van der Waals surface area contributed by atoms with Gasteiger partial charge in [0.15, 0.2) is 6.04 Å². The van der Waals surface area contributed by atoms with Gasteiger partial charge in [-0.25, -0.2) is 18.7 Å². The van der Waals surface area contributed by atoms with E-state index in [9.17, 15) is 31.0 Å². The van der Waals surface area contributed by atoms with Crippen LogP contribution >= 0.6 is 11.3 Å². The number of anilines is 2. The number of thiazole rings is 1. The fraction of sp³-hybridized carbons (Fsp3) is 0.519. The van der Waals surface area contributed by atoms with Gasteiger partial charge in [-0.3, -0.25) is 9.00 Å². The van der Waals surface area contributed by atoms with Crippen molar-refractivity contribution in [3.63, 3.8) is 0 Å². The molecule has 0 spiro atoms. The van der Waals surface area contributed by atoms with Crippen molar-refractivity contribution < 1.29 is 31.0 Å². The molecule has 1 aliphatic heterocycles. The Bertz CT molecular complexity index is 1390. The Morgan fingerprint density at radius 3 is 2.25 bits per heavy atom. The zero-order valence-electron chi connectivity index (χ0n) is 22.8. The first-order valence-corrected chi connectivity index (χ1v) is 15.1. The van der Waals surface area contributed by atoms with Crippen molar-refractivity contribution in [2.24, 2.45) is 5.92 Å². The number of fused-ring (bicyclic) bond motifs is 1. The molecule has 1 aromatic carbocycles. The lowest BCUT2D eigenvalue weighted by Gasteiger charge is -2.34. The van der Waals surface area contributed by atoms with Crippen molar-refractivity contribution in [2.75, 3.05) is 30.5 Å². The van der Waals surface area contributed by atoms with Gasteiger partial charge in [0.05, 0.1) is 16.9 Å². The summed E-state index contributed by atoms with van der Waals surface area (Å²) in [6.07, 6.45) is -2.67. The van der Waals surface area contributed by atoms with Gasteiger partial charge in [-0.15, -0.1) is 0 Å². The fourth-order valence-electron chi connectivity index (χ4n) is 5.04. The molecule has 1 aliphatic rings. The lowest BCUT2D eigenvalue weighted by molar-refractivity contribution is -0.190. The average molecular weight is 603 g/mol. The third kappa shape index (κ3) is 6.14. The van der Waals surface area contributed by atoms with Crippen LogP contribution in [-0.4, -0.2) is 62.7 Å². The highest BCUT2D eigenvalue weighted by Crippen LogP contribution is 2.44. The molecule has 3 aromatic rings. The second-order valence-electron chi connectivity index (χ2n) is 10.3. The summed E-state index contributed by atoms with van der Waals surface area (Å²) < 4.78 is 83.4. The number of rotatable bonds is 7. The Labute approximate surface area is 236 Å². The first-order chi connectivity index (χ1) is 18.6. The number of hydrogen-bond acceptors (Lipinski definition) is 6. The number of alkyl halides is 5. The number of aryl methyl sites for hydroxylation is 1. The Balaban J connectivity index is 1.67. The molecule has 40 heavy (non-hydrogen) atoms. The SMILES string of the molecule is Cc1nc2c([C@@H](C)C(C)(F)F)c(N(C)c3ccc([C@H](N(C)C(=O)C4CCS(=O)CC4)C(F)(F)F)cc3)cnc2s1. The number of benzene rings is 1. The molecular weight excluding hydrogens is 571 g/mol. The van der Waals surface area contributed by atoms with Gasteiger partial charge >= 0.3 is 6.18 Å². The van der Waals surface area contributed by atoms with Crippen LogP contribution in [0.25, 0.3) is 10.3 Å². The summed E-state index contributed by atoms with van der Waals surface area (Å²) in [6.45, 7) is 4.01. The molecule has 6 nitrogen and oxygen atoms in total. The normalized spacial score (nSPS) is 19.9. The molecule has 0 N–H and O–H groups in total. The maximum Gasteiger partial charge on any atom is 0.413 e. The van der Waals surface area contributed by atoms with Gasteiger partial charge in [0, 0.05) is 59.5 Å². The van der Waals surface area contributed by atoms with Crippen molar-refractivity contribution in [2.45, 2.75) is 57.7 Å². The van der Waals surface area contributed by atoms with E-state index in [4.69, 9.17) is 0 Å². The Hall–Kier alpha value is -2.67. The van der Waals surface area contributed by atoms with E-state index in [0.717, 1.165) is 18.9 Å². The van der Waals surface area contributed by atoms with Crippen LogP contribution in [0.5, 0.6) is 0 Å². The molecule has 0 saturated carbocycles. The summed E-state index contributed by atoms with van der Waals surface area (Å²) in [6, 6.07) is 3.34. The van der Waals surface area contributed by atoms with Crippen molar-refractivity contribution in [3.8, 4) is 0 Å². The van der Waals surface area contributed by atoms with Crippen molar-refractivity contribution in [3.05, 3.63) is 46.6 Å². The van der Waals surface area contributed by atoms with Gasteiger partial charge in [-0.2, -0.15) is 13.2 Å². The number of pyridine rings is 1. The lowest BCUT2D eigenvalue weighted by atomic mass is 9.93. The van der Waals surface area contributed by atoms with Gasteiger partial charge in [-0.1, -0.05) is 30.4 Å². The summed E-state index contributed by atoms with van der Waals surface area (Å²) >= 11 is 1.29. The smallest absolute Gasteiger partial charge is 0.343 e. The van der Waals surface area contributed by atoms with Crippen LogP contribution < -0.4 is 4.90 Å². The van der Waals surface area contributed by atoms with Crippen LogP contribution in [0.2, 0.25) is 0 Å². The molecule has 2 aromatic heterocycles. The number of halogens is 5. The largest absolute Gasteiger partial charge is 0.413 e. The molecule has 3 heterocycles. The second-order valence-corrected chi connectivity index (χ2v) is 13.2. The summed E-state index contributed by atoms with van der Waals surface area (Å²) in [4.78, 5) is 24.7. The van der Waals surface area contributed by atoms with Crippen LogP contribution in [0.3, 0.4) is 0 Å². The van der Waals surface area contributed by atoms with Gasteiger partial charge in [0.2, 0.25) is 5.91 Å². The zero-order valence-corrected chi connectivity index (χ0v) is 24.4. The first-order valence-electron chi connectivity index (χ1n) is 12.8. The molecule has 0 aliphatic carbocycles. The standard InChI is InChI=1S/C27H31F5N4O2S2/c1-15(26(3,28)29)21-20(14-33-24-22(21)34-16(2)39-24)35(4)19-8-6-17(7-9-19)23(27(30,31)32)36(5)25(37)18-10-12-40(38)13-11-18/h6-9,14-15,18,23H,10-13H2,1-5H3/t15-,18?,23+,40?/m1/s1. The Kier molecular flexibility index (Phi) is 8.56. The van der Waals surface area contributed by atoms with E-state index in [1.807, 2.05) is 0 Å². The zero-order chi connectivity index (χ0) is 29.6. The highest BCUT2D eigenvalue weighted by Gasteiger charge is 2.46. The van der Waals surface area contributed by atoms with E-state index in [2.05, 4.69) is 9.97 Å². The summed E-state index contributed by atoms with van der Waals surface area (Å²) in [5, 5.41) is 0.679. The van der Waals surface area contributed by atoms with E-state index in [0.29, 0.717) is 56.6 Å². The van der Waals surface area contributed by atoms with E-state index in [1.54, 1.807) is 18.9 Å². The van der Waals surface area contributed by atoms with Crippen molar-refractivity contribution in [1.82, 2.24) is 14.9 Å². The third-order valence-electron chi connectivity index (χ3n) is 7.48. The molecule has 13 heteroatoms. The molecule has 4 rings (SSSR count). The third-order valence-corrected chi connectivity index (χ3v) is 9.75. The topological polar surface area (TPSA) is 66.4 Å². The minimum Gasteiger partial charge on any atom is -0.343 e. The molecule has 218 valence electrons. The van der Waals surface area contributed by atoms with Crippen LogP contribution in [0, 0.1) is 12.8 Å². The molecule has 0 bridgehead atoms. The molecule has 0 unspecified atom stereocenters. The van der Waals surface area contributed by atoms with Gasteiger partial charge in [0.25, 0.3) is 5.92 Å². The van der Waals surface area contributed by atoms with Crippen LogP contribution in [-0.2, 0) is 15.6 Å². The number of hydrogen-bond donors (Lipinski definition) is 0. The highest BCUT2D eigenvalue weighted by atomic mass is 32.2. The monoisotopic (exact) mass is 602 g/mol. The maximum absolute atomic E-state index is 14.5. The van der Waals surface area contributed by atoms with Crippen LogP contribution in [0.1, 0.15) is 54.8 Å².